The van der Waals surface area contributed by atoms with Gasteiger partial charge in [0.15, 0.2) is 0 Å². The fourth-order valence-corrected chi connectivity index (χ4v) is 2.35. The molecule has 1 rings (SSSR count). The largest absolute Gasteiger partial charge is 0.396 e. The summed E-state index contributed by atoms with van der Waals surface area (Å²) in [6.07, 6.45) is 0. The van der Waals surface area contributed by atoms with Crippen LogP contribution in [0.15, 0.2) is 24.3 Å². The summed E-state index contributed by atoms with van der Waals surface area (Å²) in [5.74, 6) is 7.77. The Hall–Kier alpha value is -0.950. The molecule has 1 unspecified atom stereocenters. The summed E-state index contributed by atoms with van der Waals surface area (Å²) in [4.78, 5) is 0. The number of thioether (sulfide) groups is 1. The molecule has 0 aliphatic carbocycles. The van der Waals surface area contributed by atoms with Crippen LogP contribution in [0.5, 0.6) is 0 Å². The average molecular weight is 250 g/mol. The second-order valence-electron chi connectivity index (χ2n) is 3.96. The highest BCUT2D eigenvalue weighted by atomic mass is 32.2. The molecule has 3 heteroatoms. The Morgan fingerprint density at radius 1 is 1.35 bits per heavy atom. The highest BCUT2D eigenvalue weighted by molar-refractivity contribution is 7.98. The molecular formula is C14H18O2S. The van der Waals surface area contributed by atoms with E-state index in [0.717, 1.165) is 17.1 Å². The Morgan fingerprint density at radius 2 is 2.18 bits per heavy atom. The van der Waals surface area contributed by atoms with Crippen molar-refractivity contribution in [1.29, 1.82) is 0 Å². The maximum Gasteiger partial charge on any atom is 0.104 e. The summed E-state index contributed by atoms with van der Waals surface area (Å²) < 4.78 is 0. The SMILES string of the molecule is CC(CO)CSCc1cccc(C#CCO)c1. The molecule has 0 radical (unpaired) electrons. The first-order chi connectivity index (χ1) is 8.26. The van der Waals surface area contributed by atoms with E-state index in [1.165, 1.54) is 5.56 Å². The van der Waals surface area contributed by atoms with Crippen LogP contribution in [0.3, 0.4) is 0 Å². The van der Waals surface area contributed by atoms with Crippen LogP contribution in [0.1, 0.15) is 18.1 Å². The predicted molar refractivity (Wildman–Crippen MR) is 72.8 cm³/mol. The first-order valence-electron chi connectivity index (χ1n) is 5.63. The third-order valence-corrected chi connectivity index (χ3v) is 3.56. The van der Waals surface area contributed by atoms with Crippen LogP contribution in [0.2, 0.25) is 0 Å². The summed E-state index contributed by atoms with van der Waals surface area (Å²) >= 11 is 1.81. The lowest BCUT2D eigenvalue weighted by Gasteiger charge is -2.07. The topological polar surface area (TPSA) is 40.5 Å². The van der Waals surface area contributed by atoms with Crippen molar-refractivity contribution in [2.75, 3.05) is 19.0 Å². The van der Waals surface area contributed by atoms with Gasteiger partial charge in [-0.2, -0.15) is 11.8 Å². The van der Waals surface area contributed by atoms with Crippen LogP contribution in [0.25, 0.3) is 0 Å². The molecule has 0 aliphatic heterocycles. The van der Waals surface area contributed by atoms with Crippen molar-refractivity contribution >= 4 is 11.8 Å². The number of benzene rings is 1. The molecule has 0 saturated carbocycles. The van der Waals surface area contributed by atoms with Gasteiger partial charge in [-0.05, 0) is 29.4 Å². The standard InChI is InChI=1S/C14H18O2S/c1-12(9-16)10-17-11-14-5-2-4-13(8-14)6-3-7-15/h2,4-5,8,12,15-16H,7,9-11H2,1H3. The van der Waals surface area contributed by atoms with Gasteiger partial charge in [0.2, 0.25) is 0 Å². The van der Waals surface area contributed by atoms with E-state index in [1.807, 2.05) is 36.9 Å². The molecule has 1 atom stereocenters. The van der Waals surface area contributed by atoms with Crippen molar-refractivity contribution in [2.24, 2.45) is 5.92 Å². The molecule has 1 aromatic carbocycles. The van der Waals surface area contributed by atoms with E-state index in [9.17, 15) is 0 Å². The van der Waals surface area contributed by atoms with E-state index in [4.69, 9.17) is 10.2 Å². The predicted octanol–water partition coefficient (Wildman–Crippen LogP) is 1.89. The first kappa shape index (κ1) is 14.1. The van der Waals surface area contributed by atoms with Gasteiger partial charge in [-0.1, -0.05) is 30.9 Å². The van der Waals surface area contributed by atoms with Gasteiger partial charge >= 0.3 is 0 Å². The zero-order valence-electron chi connectivity index (χ0n) is 10.0. The Kier molecular flexibility index (Phi) is 6.80. The van der Waals surface area contributed by atoms with Gasteiger partial charge in [-0.25, -0.2) is 0 Å². The van der Waals surface area contributed by atoms with E-state index in [0.29, 0.717) is 5.92 Å². The van der Waals surface area contributed by atoms with E-state index >= 15 is 0 Å². The molecule has 0 amide bonds. The summed E-state index contributed by atoms with van der Waals surface area (Å²) in [7, 11) is 0. The van der Waals surface area contributed by atoms with E-state index < -0.39 is 0 Å². The van der Waals surface area contributed by atoms with Crippen molar-refractivity contribution in [2.45, 2.75) is 12.7 Å². The molecule has 0 fully saturated rings. The number of rotatable bonds is 5. The van der Waals surface area contributed by atoms with Crippen molar-refractivity contribution in [3.05, 3.63) is 35.4 Å². The van der Waals surface area contributed by atoms with Crippen molar-refractivity contribution in [3.8, 4) is 11.8 Å². The number of aliphatic hydroxyl groups excluding tert-OH is 2. The van der Waals surface area contributed by atoms with Gasteiger partial charge in [0.1, 0.15) is 6.61 Å². The lowest BCUT2D eigenvalue weighted by atomic mass is 10.1. The second-order valence-corrected chi connectivity index (χ2v) is 4.99. The van der Waals surface area contributed by atoms with Gasteiger partial charge < -0.3 is 10.2 Å². The molecule has 0 aliphatic rings. The van der Waals surface area contributed by atoms with Gasteiger partial charge in [0.05, 0.1) is 0 Å². The maximum absolute atomic E-state index is 8.92. The fraction of sp³-hybridized carbons (Fsp3) is 0.429. The first-order valence-corrected chi connectivity index (χ1v) is 6.79. The monoisotopic (exact) mass is 250 g/mol. The normalized spacial score (nSPS) is 11.7. The third-order valence-electron chi connectivity index (χ3n) is 2.22. The lowest BCUT2D eigenvalue weighted by Crippen LogP contribution is -2.03. The van der Waals surface area contributed by atoms with Crippen LogP contribution in [0, 0.1) is 17.8 Å². The summed E-state index contributed by atoms with van der Waals surface area (Å²) in [5, 5.41) is 17.5. The summed E-state index contributed by atoms with van der Waals surface area (Å²) in [5.41, 5.74) is 2.16. The highest BCUT2D eigenvalue weighted by Crippen LogP contribution is 2.16. The van der Waals surface area contributed by atoms with E-state index in [-0.39, 0.29) is 13.2 Å². The van der Waals surface area contributed by atoms with Crippen molar-refractivity contribution in [1.82, 2.24) is 0 Å². The smallest absolute Gasteiger partial charge is 0.104 e. The van der Waals surface area contributed by atoms with E-state index in [2.05, 4.69) is 17.9 Å². The minimum atomic E-state index is -0.104. The molecule has 0 spiro atoms. The fourth-order valence-electron chi connectivity index (χ4n) is 1.31. The van der Waals surface area contributed by atoms with Gasteiger partial charge in [-0.3, -0.25) is 0 Å². The number of hydrogen-bond acceptors (Lipinski definition) is 3. The Morgan fingerprint density at radius 3 is 2.88 bits per heavy atom. The van der Waals surface area contributed by atoms with Crippen molar-refractivity contribution in [3.63, 3.8) is 0 Å². The molecule has 17 heavy (non-hydrogen) atoms. The maximum atomic E-state index is 8.92. The van der Waals surface area contributed by atoms with E-state index in [1.54, 1.807) is 0 Å². The molecule has 2 nitrogen and oxygen atoms in total. The molecule has 92 valence electrons. The number of aliphatic hydroxyl groups is 2. The van der Waals surface area contributed by atoms with Crippen LogP contribution in [0.4, 0.5) is 0 Å². The third kappa shape index (κ3) is 5.78. The average Bonchev–Trinajstić information content (AvgIpc) is 2.36. The Bertz CT molecular complexity index is 393. The number of hydrogen-bond donors (Lipinski definition) is 2. The minimum absolute atomic E-state index is 0.104. The molecule has 0 saturated heterocycles. The molecule has 0 heterocycles. The van der Waals surface area contributed by atoms with Gasteiger partial charge in [0, 0.05) is 17.9 Å². The van der Waals surface area contributed by atoms with Gasteiger partial charge in [-0.15, -0.1) is 0 Å². The highest BCUT2D eigenvalue weighted by Gasteiger charge is 2.00. The zero-order valence-corrected chi connectivity index (χ0v) is 10.8. The summed E-state index contributed by atoms with van der Waals surface area (Å²) in [6, 6.07) is 8.03. The molecule has 0 aromatic heterocycles. The molecule has 1 aromatic rings. The Balaban J connectivity index is 2.48. The summed E-state index contributed by atoms with van der Waals surface area (Å²) in [6.45, 7) is 2.18. The van der Waals surface area contributed by atoms with Crippen LogP contribution < -0.4 is 0 Å². The van der Waals surface area contributed by atoms with Crippen LogP contribution in [-0.4, -0.2) is 29.2 Å². The van der Waals surface area contributed by atoms with Gasteiger partial charge in [0.25, 0.3) is 0 Å². The quantitative estimate of drug-likeness (QED) is 0.784. The molecule has 0 bridgehead atoms. The molecule has 2 N–H and O–H groups in total. The second kappa shape index (κ2) is 8.19. The minimum Gasteiger partial charge on any atom is -0.396 e. The zero-order chi connectivity index (χ0) is 12.5. The molecular weight excluding hydrogens is 232 g/mol. The van der Waals surface area contributed by atoms with Crippen LogP contribution in [-0.2, 0) is 5.75 Å². The van der Waals surface area contributed by atoms with Crippen molar-refractivity contribution < 1.29 is 10.2 Å². The lowest BCUT2D eigenvalue weighted by molar-refractivity contribution is 0.250. The Labute approximate surface area is 107 Å². The van der Waals surface area contributed by atoms with Crippen LogP contribution >= 0.6 is 11.8 Å².